The first kappa shape index (κ1) is 11.5. The molecule has 0 saturated heterocycles. The molecule has 0 radical (unpaired) electrons. The zero-order valence-corrected chi connectivity index (χ0v) is 8.56. The molecule has 1 aliphatic carbocycles. The SMILES string of the molecule is CN(CCCN)C1=CC(=O)C=C(O)C1=O. The van der Waals surface area contributed by atoms with Crippen LogP contribution >= 0.6 is 0 Å². The van der Waals surface area contributed by atoms with E-state index in [1.165, 1.54) is 6.08 Å². The molecule has 0 saturated carbocycles. The van der Waals surface area contributed by atoms with E-state index in [-0.39, 0.29) is 11.5 Å². The molecule has 0 aliphatic heterocycles. The average Bonchev–Trinajstić information content (AvgIpc) is 2.19. The number of nitrogens with zero attached hydrogens (tertiary/aromatic N) is 1. The number of nitrogens with two attached hydrogens (primary N) is 1. The zero-order chi connectivity index (χ0) is 11.4. The van der Waals surface area contributed by atoms with Crippen molar-refractivity contribution < 1.29 is 14.7 Å². The number of allylic oxidation sites excluding steroid dienone is 2. The molecule has 3 N–H and O–H groups in total. The molecule has 0 amide bonds. The van der Waals surface area contributed by atoms with Crippen LogP contribution in [0, 0.1) is 0 Å². The number of hydrogen-bond donors (Lipinski definition) is 2. The third-order valence-corrected chi connectivity index (χ3v) is 2.13. The highest BCUT2D eigenvalue weighted by molar-refractivity contribution is 6.18. The Morgan fingerprint density at radius 1 is 1.40 bits per heavy atom. The molecule has 5 nitrogen and oxygen atoms in total. The van der Waals surface area contributed by atoms with Gasteiger partial charge in [0.15, 0.2) is 11.5 Å². The van der Waals surface area contributed by atoms with Gasteiger partial charge in [0.05, 0.1) is 5.70 Å². The van der Waals surface area contributed by atoms with Crippen molar-refractivity contribution >= 4 is 11.6 Å². The minimum absolute atomic E-state index is 0.216. The Hall–Kier alpha value is -1.62. The average molecular weight is 210 g/mol. The van der Waals surface area contributed by atoms with Gasteiger partial charge in [-0.05, 0) is 13.0 Å². The van der Waals surface area contributed by atoms with Crippen molar-refractivity contribution in [2.24, 2.45) is 5.73 Å². The number of likely N-dealkylation sites (N-methyl/N-ethyl adjacent to an activating group) is 1. The lowest BCUT2D eigenvalue weighted by Gasteiger charge is -2.22. The molecule has 0 spiro atoms. The highest BCUT2D eigenvalue weighted by Crippen LogP contribution is 2.13. The summed E-state index contributed by atoms with van der Waals surface area (Å²) in [5.74, 6) is -1.40. The van der Waals surface area contributed by atoms with Gasteiger partial charge in [0.25, 0.3) is 0 Å². The molecular formula is C10H14N2O3. The van der Waals surface area contributed by atoms with Gasteiger partial charge in [-0.3, -0.25) is 9.59 Å². The Morgan fingerprint density at radius 2 is 2.07 bits per heavy atom. The molecule has 0 aromatic heterocycles. The number of aliphatic hydroxyl groups is 1. The Bertz CT molecular complexity index is 345. The second kappa shape index (κ2) is 4.75. The van der Waals surface area contributed by atoms with Crippen LogP contribution in [0.4, 0.5) is 0 Å². The topological polar surface area (TPSA) is 83.6 Å². The molecule has 0 atom stereocenters. The van der Waals surface area contributed by atoms with Crippen LogP contribution in [-0.4, -0.2) is 41.7 Å². The molecule has 0 heterocycles. The van der Waals surface area contributed by atoms with Gasteiger partial charge in [-0.25, -0.2) is 0 Å². The van der Waals surface area contributed by atoms with Crippen LogP contribution in [0.2, 0.25) is 0 Å². The van der Waals surface area contributed by atoms with Crippen LogP contribution < -0.4 is 5.73 Å². The van der Waals surface area contributed by atoms with Gasteiger partial charge in [-0.1, -0.05) is 0 Å². The first-order chi connectivity index (χ1) is 7.06. The molecule has 0 aromatic rings. The van der Waals surface area contributed by atoms with Crippen molar-refractivity contribution in [3.8, 4) is 0 Å². The fraction of sp³-hybridized carbons (Fsp3) is 0.400. The molecule has 0 unspecified atom stereocenters. The van der Waals surface area contributed by atoms with Crippen molar-refractivity contribution in [1.82, 2.24) is 4.90 Å². The van der Waals surface area contributed by atoms with Crippen LogP contribution in [0.1, 0.15) is 6.42 Å². The number of carbonyl (C=O) groups excluding carboxylic acids is 2. The summed E-state index contributed by atoms with van der Waals surface area (Å²) in [6.45, 7) is 1.09. The van der Waals surface area contributed by atoms with E-state index in [4.69, 9.17) is 5.73 Å². The summed E-state index contributed by atoms with van der Waals surface area (Å²) in [5, 5.41) is 9.19. The molecule has 0 bridgehead atoms. The minimum atomic E-state index is -0.519. The largest absolute Gasteiger partial charge is 0.504 e. The highest BCUT2D eigenvalue weighted by Gasteiger charge is 2.23. The lowest BCUT2D eigenvalue weighted by molar-refractivity contribution is -0.118. The Balaban J connectivity index is 2.77. The second-order valence-electron chi connectivity index (χ2n) is 3.35. The molecular weight excluding hydrogens is 196 g/mol. The molecule has 5 heteroatoms. The van der Waals surface area contributed by atoms with Crippen LogP contribution in [0.15, 0.2) is 23.6 Å². The Morgan fingerprint density at radius 3 is 2.67 bits per heavy atom. The summed E-state index contributed by atoms with van der Waals surface area (Å²) < 4.78 is 0. The van der Waals surface area contributed by atoms with E-state index in [1.807, 2.05) is 0 Å². The first-order valence-corrected chi connectivity index (χ1v) is 4.68. The van der Waals surface area contributed by atoms with Crippen molar-refractivity contribution in [3.63, 3.8) is 0 Å². The molecule has 0 aromatic carbocycles. The van der Waals surface area contributed by atoms with Crippen molar-refractivity contribution in [3.05, 3.63) is 23.6 Å². The van der Waals surface area contributed by atoms with Gasteiger partial charge in [0.2, 0.25) is 5.78 Å². The van der Waals surface area contributed by atoms with Gasteiger partial charge >= 0.3 is 0 Å². The molecule has 82 valence electrons. The predicted molar refractivity (Wildman–Crippen MR) is 55.1 cm³/mol. The summed E-state index contributed by atoms with van der Waals surface area (Å²) in [6, 6.07) is 0. The third-order valence-electron chi connectivity index (χ3n) is 2.13. The number of rotatable bonds is 4. The van der Waals surface area contributed by atoms with Gasteiger partial charge in [0.1, 0.15) is 0 Å². The van der Waals surface area contributed by atoms with Gasteiger partial charge in [-0.15, -0.1) is 0 Å². The monoisotopic (exact) mass is 210 g/mol. The van der Waals surface area contributed by atoms with Gasteiger partial charge < -0.3 is 15.7 Å². The molecule has 1 rings (SSSR count). The summed E-state index contributed by atoms with van der Waals surface area (Å²) >= 11 is 0. The third kappa shape index (κ3) is 2.66. The lowest BCUT2D eigenvalue weighted by atomic mass is 10.1. The number of ketones is 2. The van der Waals surface area contributed by atoms with Crippen molar-refractivity contribution in [2.45, 2.75) is 6.42 Å². The normalized spacial score (nSPS) is 16.1. The standard InChI is InChI=1S/C10H14N2O3/c1-12(4-2-3-11)8-5-7(13)6-9(14)10(8)15/h5-6,14H,2-4,11H2,1H3. The summed E-state index contributed by atoms with van der Waals surface area (Å²) in [6.07, 6.45) is 2.86. The maximum absolute atomic E-state index is 11.5. The number of carbonyl (C=O) groups is 2. The number of hydrogen-bond acceptors (Lipinski definition) is 5. The predicted octanol–water partition coefficient (Wildman–Crippen LogP) is -0.255. The summed E-state index contributed by atoms with van der Waals surface area (Å²) in [4.78, 5) is 24.2. The van der Waals surface area contributed by atoms with E-state index in [9.17, 15) is 14.7 Å². The fourth-order valence-corrected chi connectivity index (χ4v) is 1.31. The van der Waals surface area contributed by atoms with Crippen molar-refractivity contribution in [2.75, 3.05) is 20.1 Å². The Labute approximate surface area is 87.9 Å². The van der Waals surface area contributed by atoms with Gasteiger partial charge in [0, 0.05) is 25.7 Å². The number of aliphatic hydroxyl groups excluding tert-OH is 1. The fourth-order valence-electron chi connectivity index (χ4n) is 1.31. The summed E-state index contributed by atoms with van der Waals surface area (Å²) in [5.41, 5.74) is 5.55. The quantitative estimate of drug-likeness (QED) is 0.625. The van der Waals surface area contributed by atoms with E-state index < -0.39 is 11.5 Å². The maximum atomic E-state index is 11.5. The van der Waals surface area contributed by atoms with E-state index in [0.29, 0.717) is 13.1 Å². The zero-order valence-electron chi connectivity index (χ0n) is 8.56. The van der Waals surface area contributed by atoms with E-state index >= 15 is 0 Å². The minimum Gasteiger partial charge on any atom is -0.504 e. The van der Waals surface area contributed by atoms with Crippen LogP contribution in [0.5, 0.6) is 0 Å². The first-order valence-electron chi connectivity index (χ1n) is 4.68. The van der Waals surface area contributed by atoms with Crippen molar-refractivity contribution in [1.29, 1.82) is 0 Å². The van der Waals surface area contributed by atoms with Gasteiger partial charge in [-0.2, -0.15) is 0 Å². The van der Waals surface area contributed by atoms with E-state index in [0.717, 1.165) is 12.5 Å². The molecule has 1 aliphatic rings. The maximum Gasteiger partial charge on any atom is 0.243 e. The number of Topliss-reactive ketones (excluding diaryl/α,β-unsaturated/α-hetero) is 1. The van der Waals surface area contributed by atoms with E-state index in [1.54, 1.807) is 11.9 Å². The Kier molecular flexibility index (Phi) is 3.62. The van der Waals surface area contributed by atoms with Crippen LogP contribution in [-0.2, 0) is 9.59 Å². The van der Waals surface area contributed by atoms with E-state index in [2.05, 4.69) is 0 Å². The second-order valence-corrected chi connectivity index (χ2v) is 3.35. The molecule has 0 fully saturated rings. The van der Waals surface area contributed by atoms with Crippen LogP contribution in [0.25, 0.3) is 0 Å². The van der Waals surface area contributed by atoms with Crippen LogP contribution in [0.3, 0.4) is 0 Å². The molecule has 15 heavy (non-hydrogen) atoms. The lowest BCUT2D eigenvalue weighted by Crippen LogP contribution is -2.29. The smallest absolute Gasteiger partial charge is 0.243 e. The highest BCUT2D eigenvalue weighted by atomic mass is 16.3. The summed E-state index contributed by atoms with van der Waals surface area (Å²) in [7, 11) is 1.69.